The van der Waals surface area contributed by atoms with Gasteiger partial charge in [0, 0.05) is 4.47 Å². The number of halogens is 4. The number of rotatable bonds is 3. The second-order valence-corrected chi connectivity index (χ2v) is 4.88. The van der Waals surface area contributed by atoms with E-state index in [0.717, 1.165) is 0 Å². The van der Waals surface area contributed by atoms with Crippen molar-refractivity contribution in [2.75, 3.05) is 5.73 Å². The lowest BCUT2D eigenvalue weighted by Crippen LogP contribution is -2.18. The van der Waals surface area contributed by atoms with Crippen LogP contribution in [0.3, 0.4) is 0 Å². The van der Waals surface area contributed by atoms with Gasteiger partial charge in [-0.25, -0.2) is 9.66 Å². The standard InChI is InChI=1S/C12H10BrF3N4O/c1-7-6-20(11(17)19-7)18-5-8-9(13)3-2-4-10(8)21-12(14,15)16/h2-6H,1H3,(H2,17,19). The predicted octanol–water partition coefficient (Wildman–Crippen LogP) is 3.32. The molecule has 0 saturated heterocycles. The van der Waals surface area contributed by atoms with E-state index < -0.39 is 6.36 Å². The number of nitrogens with two attached hydrogens (primary N) is 1. The first-order valence-corrected chi connectivity index (χ1v) is 6.45. The highest BCUT2D eigenvalue weighted by Gasteiger charge is 2.32. The van der Waals surface area contributed by atoms with Crippen LogP contribution in [-0.2, 0) is 0 Å². The van der Waals surface area contributed by atoms with Gasteiger partial charge >= 0.3 is 6.36 Å². The van der Waals surface area contributed by atoms with Crippen LogP contribution in [0.25, 0.3) is 0 Å². The summed E-state index contributed by atoms with van der Waals surface area (Å²) >= 11 is 3.16. The molecular weight excluding hydrogens is 353 g/mol. The van der Waals surface area contributed by atoms with Gasteiger partial charge in [0.15, 0.2) is 0 Å². The van der Waals surface area contributed by atoms with Crippen LogP contribution in [-0.4, -0.2) is 22.2 Å². The normalized spacial score (nSPS) is 12.0. The van der Waals surface area contributed by atoms with Crippen molar-refractivity contribution in [3.63, 3.8) is 0 Å². The van der Waals surface area contributed by atoms with Gasteiger partial charge in [0.2, 0.25) is 5.95 Å². The van der Waals surface area contributed by atoms with Gasteiger partial charge in [-0.1, -0.05) is 6.07 Å². The Balaban J connectivity index is 2.37. The van der Waals surface area contributed by atoms with Crippen molar-refractivity contribution in [3.05, 3.63) is 40.1 Å². The van der Waals surface area contributed by atoms with Crippen LogP contribution < -0.4 is 10.5 Å². The van der Waals surface area contributed by atoms with Crippen LogP contribution in [0.5, 0.6) is 5.75 Å². The van der Waals surface area contributed by atoms with Gasteiger partial charge in [0.05, 0.1) is 23.7 Å². The molecule has 0 aliphatic rings. The van der Waals surface area contributed by atoms with Gasteiger partial charge in [0.25, 0.3) is 0 Å². The number of nitrogen functional groups attached to an aromatic ring is 1. The van der Waals surface area contributed by atoms with Crippen LogP contribution in [0.4, 0.5) is 19.1 Å². The molecule has 0 radical (unpaired) electrons. The largest absolute Gasteiger partial charge is 0.573 e. The summed E-state index contributed by atoms with van der Waals surface area (Å²) in [4.78, 5) is 3.93. The Hall–Kier alpha value is -2.03. The van der Waals surface area contributed by atoms with E-state index in [1.54, 1.807) is 19.2 Å². The molecule has 0 unspecified atom stereocenters. The van der Waals surface area contributed by atoms with Crippen LogP contribution in [0.1, 0.15) is 11.3 Å². The zero-order chi connectivity index (χ0) is 15.6. The molecule has 0 aliphatic heterocycles. The highest BCUT2D eigenvalue weighted by atomic mass is 79.9. The number of anilines is 1. The third kappa shape index (κ3) is 3.97. The summed E-state index contributed by atoms with van der Waals surface area (Å²) in [6.45, 7) is 1.72. The van der Waals surface area contributed by atoms with E-state index in [9.17, 15) is 13.2 Å². The van der Waals surface area contributed by atoms with E-state index >= 15 is 0 Å². The smallest absolute Gasteiger partial charge is 0.405 e. The molecule has 21 heavy (non-hydrogen) atoms. The van der Waals surface area contributed by atoms with Gasteiger partial charge in [-0.05, 0) is 35.0 Å². The molecule has 0 aliphatic carbocycles. The summed E-state index contributed by atoms with van der Waals surface area (Å²) < 4.78 is 42.7. The van der Waals surface area contributed by atoms with Crippen LogP contribution >= 0.6 is 15.9 Å². The molecule has 9 heteroatoms. The summed E-state index contributed by atoms with van der Waals surface area (Å²) in [6.07, 6.45) is -2.02. The lowest BCUT2D eigenvalue weighted by molar-refractivity contribution is -0.274. The highest BCUT2D eigenvalue weighted by Crippen LogP contribution is 2.30. The Morgan fingerprint density at radius 1 is 1.43 bits per heavy atom. The van der Waals surface area contributed by atoms with Gasteiger partial charge < -0.3 is 10.5 Å². The Morgan fingerprint density at radius 2 is 2.14 bits per heavy atom. The molecule has 0 amide bonds. The number of nitrogens with zero attached hydrogens (tertiary/aromatic N) is 3. The maximum atomic E-state index is 12.4. The van der Waals surface area contributed by atoms with Crippen molar-refractivity contribution >= 4 is 28.1 Å². The van der Waals surface area contributed by atoms with Crippen molar-refractivity contribution in [1.82, 2.24) is 9.66 Å². The molecule has 1 heterocycles. The van der Waals surface area contributed by atoms with Crippen molar-refractivity contribution < 1.29 is 17.9 Å². The first-order valence-electron chi connectivity index (χ1n) is 5.66. The Bertz CT molecular complexity index is 682. The fourth-order valence-electron chi connectivity index (χ4n) is 1.57. The van der Waals surface area contributed by atoms with Gasteiger partial charge in [-0.2, -0.15) is 5.10 Å². The molecule has 0 spiro atoms. The highest BCUT2D eigenvalue weighted by molar-refractivity contribution is 9.10. The minimum Gasteiger partial charge on any atom is -0.405 e. The molecule has 0 bridgehead atoms. The summed E-state index contributed by atoms with van der Waals surface area (Å²) in [5.74, 6) is -0.231. The fraction of sp³-hybridized carbons (Fsp3) is 0.167. The summed E-state index contributed by atoms with van der Waals surface area (Å²) in [5, 5.41) is 3.98. The maximum absolute atomic E-state index is 12.4. The van der Waals surface area contributed by atoms with E-state index in [-0.39, 0.29) is 17.3 Å². The lowest BCUT2D eigenvalue weighted by Gasteiger charge is -2.12. The first-order chi connectivity index (χ1) is 9.76. The van der Waals surface area contributed by atoms with Crippen LogP contribution in [0.2, 0.25) is 0 Å². The second-order valence-electron chi connectivity index (χ2n) is 4.03. The molecule has 0 fully saturated rings. The number of benzene rings is 1. The molecule has 112 valence electrons. The Kier molecular flexibility index (Phi) is 4.21. The van der Waals surface area contributed by atoms with Crippen LogP contribution in [0.15, 0.2) is 34.0 Å². The zero-order valence-corrected chi connectivity index (χ0v) is 12.3. The summed E-state index contributed by atoms with van der Waals surface area (Å²) in [7, 11) is 0. The molecule has 2 rings (SSSR count). The monoisotopic (exact) mass is 362 g/mol. The quantitative estimate of drug-likeness (QED) is 0.851. The fourth-order valence-corrected chi connectivity index (χ4v) is 2.02. The Labute approximate surface area is 126 Å². The summed E-state index contributed by atoms with van der Waals surface area (Å²) in [6, 6.07) is 4.20. The molecule has 5 nitrogen and oxygen atoms in total. The summed E-state index contributed by atoms with van der Waals surface area (Å²) in [5.41, 5.74) is 6.38. The SMILES string of the molecule is Cc1cn(N=Cc2c(Br)cccc2OC(F)(F)F)c(N)n1. The van der Waals surface area contributed by atoms with E-state index in [1.807, 2.05) is 0 Å². The molecule has 0 saturated carbocycles. The maximum Gasteiger partial charge on any atom is 0.573 e. The number of aryl methyl sites for hydroxylation is 1. The average molecular weight is 363 g/mol. The number of ether oxygens (including phenoxy) is 1. The van der Waals surface area contributed by atoms with Crippen LogP contribution in [0, 0.1) is 6.92 Å². The minimum absolute atomic E-state index is 0.133. The molecule has 0 atom stereocenters. The minimum atomic E-state index is -4.78. The second kappa shape index (κ2) is 5.76. The number of alkyl halides is 3. The number of hydrogen-bond acceptors (Lipinski definition) is 4. The van der Waals surface area contributed by atoms with Gasteiger partial charge in [0.1, 0.15) is 5.75 Å². The van der Waals surface area contributed by atoms with Crippen molar-refractivity contribution in [2.45, 2.75) is 13.3 Å². The topological polar surface area (TPSA) is 65.4 Å². The van der Waals surface area contributed by atoms with E-state index in [0.29, 0.717) is 10.2 Å². The third-order valence-electron chi connectivity index (χ3n) is 2.38. The van der Waals surface area contributed by atoms with Crippen molar-refractivity contribution in [3.8, 4) is 5.75 Å². The Morgan fingerprint density at radius 3 is 2.71 bits per heavy atom. The average Bonchev–Trinajstić information content (AvgIpc) is 2.65. The number of imidazole rings is 1. The lowest BCUT2D eigenvalue weighted by atomic mass is 10.2. The van der Waals surface area contributed by atoms with E-state index in [4.69, 9.17) is 5.73 Å². The number of aromatic nitrogens is 2. The van der Waals surface area contributed by atoms with Gasteiger partial charge in [-0.3, -0.25) is 0 Å². The zero-order valence-electron chi connectivity index (χ0n) is 10.7. The van der Waals surface area contributed by atoms with Gasteiger partial charge in [-0.15, -0.1) is 13.2 Å². The predicted molar refractivity (Wildman–Crippen MR) is 75.2 cm³/mol. The molecule has 2 N–H and O–H groups in total. The third-order valence-corrected chi connectivity index (χ3v) is 3.08. The van der Waals surface area contributed by atoms with Crippen molar-refractivity contribution in [2.24, 2.45) is 5.10 Å². The number of hydrogen-bond donors (Lipinski definition) is 1. The molecule has 2 aromatic rings. The molecular formula is C12H10BrF3N4O. The first kappa shape index (κ1) is 15.4. The molecule has 1 aromatic carbocycles. The molecule has 1 aromatic heterocycles. The van der Waals surface area contributed by atoms with E-state index in [1.165, 1.54) is 23.0 Å². The van der Waals surface area contributed by atoms with Crippen molar-refractivity contribution in [1.29, 1.82) is 0 Å². The van der Waals surface area contributed by atoms with E-state index in [2.05, 4.69) is 30.8 Å².